The van der Waals surface area contributed by atoms with Gasteiger partial charge in [0.25, 0.3) is 5.91 Å². The molecule has 3 aliphatic heterocycles. The molecule has 6 aromatic rings. The SMILES string of the molecule is O=C1CC[C@H](c2ccc(N3CCC(CN4CCN(c5ccc(-c6nc7ncc(Cl)c(Oc8ccc(C(=O)Nc9ccccc9)cc8)c7[nH]6)cc5)CC4)CC3)cc2)C(=O)N1. The van der Waals surface area contributed by atoms with Crippen molar-refractivity contribution < 1.29 is 19.1 Å². The van der Waals surface area contributed by atoms with Crippen molar-refractivity contribution in [2.24, 2.45) is 5.92 Å². The zero-order chi connectivity index (χ0) is 40.3. The van der Waals surface area contributed by atoms with Crippen LogP contribution in [0.4, 0.5) is 17.1 Å². The Labute approximate surface area is 347 Å². The molecular formula is C46H45ClN8O4. The Morgan fingerprint density at radius 2 is 1.47 bits per heavy atom. The van der Waals surface area contributed by atoms with E-state index in [2.05, 4.69) is 71.7 Å². The number of fused-ring (bicyclic) bond motifs is 1. The maximum absolute atomic E-state index is 12.7. The molecule has 0 bridgehead atoms. The Bertz CT molecular complexity index is 2440. The molecular weight excluding hydrogens is 764 g/mol. The molecule has 3 N–H and O–H groups in total. The number of aromatic nitrogens is 3. The predicted molar refractivity (Wildman–Crippen MR) is 230 cm³/mol. The van der Waals surface area contributed by atoms with Gasteiger partial charge in [-0.05, 0) is 104 Å². The maximum atomic E-state index is 12.7. The van der Waals surface area contributed by atoms with Crippen molar-refractivity contribution in [3.8, 4) is 22.9 Å². The normalized spacial score (nSPS) is 17.9. The van der Waals surface area contributed by atoms with E-state index in [1.807, 2.05) is 42.5 Å². The molecule has 0 saturated carbocycles. The predicted octanol–water partition coefficient (Wildman–Crippen LogP) is 7.88. The number of imidazole rings is 1. The Hall–Kier alpha value is -6.24. The van der Waals surface area contributed by atoms with Crippen molar-refractivity contribution in [2.75, 3.05) is 60.9 Å². The van der Waals surface area contributed by atoms with Crippen LogP contribution in [0.2, 0.25) is 5.02 Å². The number of carbonyl (C=O) groups is 3. The molecule has 0 aliphatic carbocycles. The summed E-state index contributed by atoms with van der Waals surface area (Å²) in [5.41, 5.74) is 6.60. The molecule has 5 heterocycles. The summed E-state index contributed by atoms with van der Waals surface area (Å²) in [5, 5.41) is 5.70. The molecule has 2 aromatic heterocycles. The second-order valence-electron chi connectivity index (χ2n) is 15.5. The summed E-state index contributed by atoms with van der Waals surface area (Å²) in [6.45, 7) is 7.21. The number of benzene rings is 4. The van der Waals surface area contributed by atoms with Crippen LogP contribution in [0.3, 0.4) is 0 Å². The Balaban J connectivity index is 0.760. The average molecular weight is 809 g/mol. The highest BCUT2D eigenvalue weighted by Gasteiger charge is 2.29. The number of ether oxygens (including phenoxy) is 1. The largest absolute Gasteiger partial charge is 0.453 e. The first-order valence-electron chi connectivity index (χ1n) is 20.3. The highest BCUT2D eigenvalue weighted by Crippen LogP contribution is 2.36. The summed E-state index contributed by atoms with van der Waals surface area (Å²) in [5.74, 6) is 1.46. The second kappa shape index (κ2) is 16.9. The quantitative estimate of drug-likeness (QED) is 0.118. The van der Waals surface area contributed by atoms with Gasteiger partial charge in [0, 0.05) is 80.4 Å². The number of halogens is 1. The Morgan fingerprint density at radius 3 is 2.17 bits per heavy atom. The first-order valence-corrected chi connectivity index (χ1v) is 20.7. The van der Waals surface area contributed by atoms with Crippen LogP contribution in [0.5, 0.6) is 11.5 Å². The summed E-state index contributed by atoms with van der Waals surface area (Å²) in [4.78, 5) is 56.7. The van der Waals surface area contributed by atoms with E-state index >= 15 is 0 Å². The molecule has 300 valence electrons. The molecule has 3 fully saturated rings. The van der Waals surface area contributed by atoms with Crippen molar-refractivity contribution in [1.82, 2.24) is 25.2 Å². The van der Waals surface area contributed by atoms with Crippen molar-refractivity contribution in [2.45, 2.75) is 31.6 Å². The molecule has 3 saturated heterocycles. The number of H-pyrrole nitrogens is 1. The lowest BCUT2D eigenvalue weighted by Gasteiger charge is -2.40. The van der Waals surface area contributed by atoms with E-state index in [-0.39, 0.29) is 23.6 Å². The van der Waals surface area contributed by atoms with Gasteiger partial charge in [0.1, 0.15) is 22.1 Å². The van der Waals surface area contributed by atoms with Gasteiger partial charge in [-0.15, -0.1) is 0 Å². The number of rotatable bonds is 10. The lowest BCUT2D eigenvalue weighted by Crippen LogP contribution is -2.49. The van der Waals surface area contributed by atoms with Crippen molar-refractivity contribution >= 4 is 57.5 Å². The molecule has 0 spiro atoms. The molecule has 1 atom stereocenters. The number of pyridine rings is 1. The molecule has 12 nitrogen and oxygen atoms in total. The minimum Gasteiger partial charge on any atom is -0.453 e. The first kappa shape index (κ1) is 38.3. The van der Waals surface area contributed by atoms with Gasteiger partial charge in [-0.2, -0.15) is 0 Å². The van der Waals surface area contributed by atoms with E-state index in [1.165, 1.54) is 17.6 Å². The lowest BCUT2D eigenvalue weighted by molar-refractivity contribution is -0.134. The fraction of sp³-hybridized carbons (Fsp3) is 0.283. The van der Waals surface area contributed by atoms with Gasteiger partial charge in [-0.1, -0.05) is 41.9 Å². The van der Waals surface area contributed by atoms with Crippen LogP contribution >= 0.6 is 11.6 Å². The molecule has 59 heavy (non-hydrogen) atoms. The minimum atomic E-state index is -0.245. The van der Waals surface area contributed by atoms with E-state index in [1.54, 1.807) is 24.3 Å². The molecule has 0 radical (unpaired) electrons. The number of amides is 3. The number of hydrogen-bond acceptors (Lipinski definition) is 9. The minimum absolute atomic E-state index is 0.180. The summed E-state index contributed by atoms with van der Waals surface area (Å²) < 4.78 is 6.22. The third-order valence-electron chi connectivity index (χ3n) is 11.7. The molecule has 4 aromatic carbocycles. The van der Waals surface area contributed by atoms with Gasteiger partial charge in [-0.3, -0.25) is 24.6 Å². The molecule has 9 rings (SSSR count). The number of anilines is 3. The summed E-state index contributed by atoms with van der Waals surface area (Å²) in [6.07, 6.45) is 4.83. The lowest BCUT2D eigenvalue weighted by atomic mass is 9.90. The number of piperazine rings is 1. The fourth-order valence-corrected chi connectivity index (χ4v) is 8.53. The zero-order valence-corrected chi connectivity index (χ0v) is 33.3. The molecule has 3 amide bonds. The van der Waals surface area contributed by atoms with Gasteiger partial charge in [-0.25, -0.2) is 9.97 Å². The third kappa shape index (κ3) is 8.64. The highest BCUT2D eigenvalue weighted by molar-refractivity contribution is 6.32. The molecule has 13 heteroatoms. The Morgan fingerprint density at radius 1 is 0.797 bits per heavy atom. The smallest absolute Gasteiger partial charge is 0.255 e. The molecule has 0 unspecified atom stereocenters. The van der Waals surface area contributed by atoms with Crippen LogP contribution in [0.15, 0.2) is 109 Å². The van der Waals surface area contributed by atoms with Crippen LogP contribution in [-0.2, 0) is 9.59 Å². The molecule has 3 aliphatic rings. The van der Waals surface area contributed by atoms with Crippen molar-refractivity contribution in [3.63, 3.8) is 0 Å². The van der Waals surface area contributed by atoms with Gasteiger partial charge in [0.15, 0.2) is 11.4 Å². The number of para-hydroxylation sites is 1. The first-order chi connectivity index (χ1) is 28.8. The van der Waals surface area contributed by atoms with E-state index in [0.717, 1.165) is 75.5 Å². The van der Waals surface area contributed by atoms with Crippen molar-refractivity contribution in [3.05, 3.63) is 125 Å². The number of carbonyl (C=O) groups excluding carboxylic acids is 3. The average Bonchev–Trinajstić information content (AvgIpc) is 3.71. The standard InChI is InChI=1S/C46H45ClN8O4/c47-39-28-48-44-41(42(39)59-37-16-10-33(11-17-37)45(57)49-34-4-2-1-3-5-34)51-43(52-44)32-8-14-36(15-9-32)55-26-24-53(25-27-55)29-30-20-22-54(23-21-30)35-12-6-31(7-13-35)38-18-19-40(56)50-46(38)58/h1-17,28,30,38H,18-27,29H2,(H,49,57)(H,48,51,52)(H,50,56,58)/t38-/m1/s1. The van der Waals surface area contributed by atoms with Gasteiger partial charge < -0.3 is 24.8 Å². The zero-order valence-electron chi connectivity index (χ0n) is 32.6. The van der Waals surface area contributed by atoms with E-state index in [4.69, 9.17) is 21.3 Å². The summed E-state index contributed by atoms with van der Waals surface area (Å²) in [6, 6.07) is 33.0. The number of aromatic amines is 1. The fourth-order valence-electron chi connectivity index (χ4n) is 8.35. The Kier molecular flexibility index (Phi) is 11.0. The van der Waals surface area contributed by atoms with E-state index in [0.29, 0.717) is 57.8 Å². The number of hydrogen-bond donors (Lipinski definition) is 3. The third-order valence-corrected chi connectivity index (χ3v) is 12.0. The topological polar surface area (TPSA) is 136 Å². The van der Waals surface area contributed by atoms with Crippen molar-refractivity contribution in [1.29, 1.82) is 0 Å². The van der Waals surface area contributed by atoms with E-state index in [9.17, 15) is 14.4 Å². The van der Waals surface area contributed by atoms with Crippen LogP contribution in [0.25, 0.3) is 22.6 Å². The van der Waals surface area contributed by atoms with Crippen LogP contribution < -0.4 is 25.2 Å². The summed E-state index contributed by atoms with van der Waals surface area (Å²) >= 11 is 6.59. The van der Waals surface area contributed by atoms with Crippen LogP contribution in [0.1, 0.15) is 47.5 Å². The van der Waals surface area contributed by atoms with Gasteiger partial charge in [0.05, 0.1) is 12.1 Å². The van der Waals surface area contributed by atoms with Crippen LogP contribution in [-0.4, -0.2) is 83.4 Å². The highest BCUT2D eigenvalue weighted by atomic mass is 35.5. The second-order valence-corrected chi connectivity index (χ2v) is 15.9. The monoisotopic (exact) mass is 808 g/mol. The maximum Gasteiger partial charge on any atom is 0.255 e. The number of imide groups is 1. The summed E-state index contributed by atoms with van der Waals surface area (Å²) in [7, 11) is 0. The van der Waals surface area contributed by atoms with E-state index < -0.39 is 0 Å². The van der Waals surface area contributed by atoms with Crippen LogP contribution in [0, 0.1) is 5.92 Å². The number of piperidine rings is 2. The number of nitrogens with one attached hydrogen (secondary N) is 3. The number of nitrogens with zero attached hydrogens (tertiary/aromatic N) is 5. The van der Waals surface area contributed by atoms with Gasteiger partial charge >= 0.3 is 0 Å². The van der Waals surface area contributed by atoms with Gasteiger partial charge in [0.2, 0.25) is 11.8 Å².